The Balaban J connectivity index is 1.81. The summed E-state index contributed by atoms with van der Waals surface area (Å²) in [5.41, 5.74) is 9.53. The first kappa shape index (κ1) is 33.9. The van der Waals surface area contributed by atoms with Crippen molar-refractivity contribution in [2.45, 2.75) is 85.4 Å². The van der Waals surface area contributed by atoms with Gasteiger partial charge < -0.3 is 29.3 Å². The fourth-order valence-electron chi connectivity index (χ4n) is 7.27. The third kappa shape index (κ3) is 5.46. The fraction of sp³-hybridized carbons (Fsp3) is 0.395. The summed E-state index contributed by atoms with van der Waals surface area (Å²) < 4.78 is 16.1. The number of aromatic amines is 2. The first-order valence-corrected chi connectivity index (χ1v) is 16.8. The van der Waals surface area contributed by atoms with E-state index in [0.717, 1.165) is 50.7 Å². The van der Waals surface area contributed by atoms with Crippen molar-refractivity contribution in [3.05, 3.63) is 75.4 Å². The molecule has 3 aromatic rings. The van der Waals surface area contributed by atoms with Crippen molar-refractivity contribution < 1.29 is 33.7 Å². The van der Waals surface area contributed by atoms with Crippen LogP contribution in [-0.4, -0.2) is 56.2 Å². The van der Waals surface area contributed by atoms with E-state index < -0.39 is 23.6 Å². The first-order chi connectivity index (χ1) is 23.4. The Morgan fingerprint density at radius 2 is 1.69 bits per heavy atom. The third-order valence-corrected chi connectivity index (χ3v) is 9.93. The number of hydrogen-bond donors (Lipinski definition) is 3. The van der Waals surface area contributed by atoms with Crippen LogP contribution in [0.5, 0.6) is 0 Å². The molecule has 256 valence electrons. The molecule has 0 spiro atoms. The molecule has 0 saturated carbocycles. The zero-order chi connectivity index (χ0) is 35.4. The number of aromatic nitrogens is 4. The van der Waals surface area contributed by atoms with Gasteiger partial charge in [-0.25, -0.2) is 14.6 Å². The van der Waals surface area contributed by atoms with Crippen molar-refractivity contribution in [2.75, 3.05) is 13.2 Å². The molecule has 2 unspecified atom stereocenters. The SMILES string of the molecule is C=Cc1c(C)c2cc3nc(c4c5nc(cc6[nH]c(cc1[nH]2)c(C)c6CC)C(C)=C5C(=O)OC4(O)C(=O)OCC)[C@@H](CCC(=O)OCC)C3C. The number of H-pyrrole nitrogens is 2. The second-order valence-corrected chi connectivity index (χ2v) is 12.7. The number of nitrogens with zero attached hydrogens (tertiary/aromatic N) is 2. The van der Waals surface area contributed by atoms with Gasteiger partial charge in [-0.1, -0.05) is 26.5 Å². The second-order valence-electron chi connectivity index (χ2n) is 12.7. The van der Waals surface area contributed by atoms with Gasteiger partial charge in [0, 0.05) is 51.6 Å². The molecule has 0 amide bonds. The van der Waals surface area contributed by atoms with Gasteiger partial charge in [-0.05, 0) is 87.9 Å². The summed E-state index contributed by atoms with van der Waals surface area (Å²) in [7, 11) is 0. The van der Waals surface area contributed by atoms with Crippen LogP contribution < -0.4 is 0 Å². The van der Waals surface area contributed by atoms with E-state index in [1.54, 1.807) is 20.8 Å². The number of esters is 3. The van der Waals surface area contributed by atoms with Gasteiger partial charge in [0.1, 0.15) is 0 Å². The van der Waals surface area contributed by atoms with E-state index in [2.05, 4.69) is 36.5 Å². The zero-order valence-corrected chi connectivity index (χ0v) is 29.0. The highest BCUT2D eigenvalue weighted by Gasteiger charge is 2.55. The number of cyclic esters (lactones) is 1. The van der Waals surface area contributed by atoms with E-state index in [0.29, 0.717) is 17.0 Å². The number of nitrogens with one attached hydrogen (secondary N) is 2. The maximum atomic E-state index is 13.7. The molecular formula is C38H42N4O7. The van der Waals surface area contributed by atoms with Crippen molar-refractivity contribution in [1.29, 1.82) is 0 Å². The lowest BCUT2D eigenvalue weighted by Gasteiger charge is -2.32. The van der Waals surface area contributed by atoms with Gasteiger partial charge >= 0.3 is 23.7 Å². The van der Waals surface area contributed by atoms with E-state index in [4.69, 9.17) is 24.2 Å². The molecule has 11 heteroatoms. The van der Waals surface area contributed by atoms with E-state index in [-0.39, 0.29) is 60.5 Å². The quantitative estimate of drug-likeness (QED) is 0.179. The van der Waals surface area contributed by atoms with Crippen molar-refractivity contribution in [3.8, 4) is 0 Å². The van der Waals surface area contributed by atoms with E-state index >= 15 is 0 Å². The maximum absolute atomic E-state index is 13.7. The fourth-order valence-corrected chi connectivity index (χ4v) is 7.27. The predicted octanol–water partition coefficient (Wildman–Crippen LogP) is 6.56. The van der Waals surface area contributed by atoms with Crippen LogP contribution in [0.25, 0.3) is 39.3 Å². The third-order valence-electron chi connectivity index (χ3n) is 9.93. The summed E-state index contributed by atoms with van der Waals surface area (Å²) >= 11 is 0. The van der Waals surface area contributed by atoms with Crippen LogP contribution in [0.4, 0.5) is 0 Å². The van der Waals surface area contributed by atoms with Gasteiger partial charge in [0.25, 0.3) is 0 Å². The molecule has 0 aromatic carbocycles. The van der Waals surface area contributed by atoms with Crippen LogP contribution >= 0.6 is 0 Å². The largest absolute Gasteiger partial charge is 0.466 e. The summed E-state index contributed by atoms with van der Waals surface area (Å²) in [6.07, 6.45) is 2.90. The molecule has 8 bridgehead atoms. The summed E-state index contributed by atoms with van der Waals surface area (Å²) in [5, 5.41) is 12.1. The van der Waals surface area contributed by atoms with Crippen molar-refractivity contribution >= 4 is 57.2 Å². The minimum Gasteiger partial charge on any atom is -0.466 e. The molecule has 49 heavy (non-hydrogen) atoms. The van der Waals surface area contributed by atoms with Gasteiger partial charge in [-0.15, -0.1) is 0 Å². The molecule has 3 aliphatic heterocycles. The minimum atomic E-state index is -2.84. The van der Waals surface area contributed by atoms with Gasteiger partial charge in [0.2, 0.25) is 0 Å². The summed E-state index contributed by atoms with van der Waals surface area (Å²) in [4.78, 5) is 56.9. The number of rotatable bonds is 8. The normalized spacial score (nSPS) is 19.9. The number of fused-ring (bicyclic) bond motifs is 8. The van der Waals surface area contributed by atoms with Crippen molar-refractivity contribution in [2.24, 2.45) is 0 Å². The molecule has 3 N–H and O–H groups in total. The molecule has 0 radical (unpaired) electrons. The summed E-state index contributed by atoms with van der Waals surface area (Å²) in [5.74, 6) is -6.05. The van der Waals surface area contributed by atoms with Gasteiger partial charge in [0.15, 0.2) is 0 Å². The van der Waals surface area contributed by atoms with Crippen LogP contribution in [0.15, 0.2) is 24.8 Å². The molecule has 3 atom stereocenters. The van der Waals surface area contributed by atoms with Crippen LogP contribution in [0, 0.1) is 13.8 Å². The van der Waals surface area contributed by atoms with E-state index in [9.17, 15) is 19.5 Å². The molecule has 6 heterocycles. The summed E-state index contributed by atoms with van der Waals surface area (Å²) in [6.45, 7) is 17.5. The smallest absolute Gasteiger partial charge is 0.385 e. The molecule has 0 fully saturated rings. The number of ether oxygens (including phenoxy) is 3. The number of allylic oxidation sites excluding steroid dienone is 1. The molecule has 3 aromatic heterocycles. The van der Waals surface area contributed by atoms with Crippen LogP contribution in [0.3, 0.4) is 0 Å². The highest BCUT2D eigenvalue weighted by molar-refractivity contribution is 6.27. The van der Waals surface area contributed by atoms with Crippen molar-refractivity contribution in [1.82, 2.24) is 19.9 Å². The van der Waals surface area contributed by atoms with Gasteiger partial charge in [-0.3, -0.25) is 9.78 Å². The molecular weight excluding hydrogens is 624 g/mol. The Labute approximate surface area is 284 Å². The Morgan fingerprint density at radius 3 is 2.37 bits per heavy atom. The minimum absolute atomic E-state index is 0.0642. The van der Waals surface area contributed by atoms with Gasteiger partial charge in [-0.2, -0.15) is 0 Å². The van der Waals surface area contributed by atoms with Crippen LogP contribution in [0.1, 0.15) is 110 Å². The topological polar surface area (TPSA) is 156 Å². The first-order valence-electron chi connectivity index (χ1n) is 16.8. The lowest BCUT2D eigenvalue weighted by molar-refractivity contribution is -0.230. The second kappa shape index (κ2) is 12.8. The molecule has 11 nitrogen and oxygen atoms in total. The van der Waals surface area contributed by atoms with E-state index in [1.807, 2.05) is 32.1 Å². The lowest BCUT2D eigenvalue weighted by Crippen LogP contribution is -2.46. The lowest BCUT2D eigenvalue weighted by atomic mass is 9.82. The maximum Gasteiger partial charge on any atom is 0.385 e. The highest BCUT2D eigenvalue weighted by Crippen LogP contribution is 2.49. The molecule has 0 saturated heterocycles. The highest BCUT2D eigenvalue weighted by atomic mass is 16.7. The number of aliphatic hydroxyl groups is 1. The van der Waals surface area contributed by atoms with Gasteiger partial charge in [0.05, 0.1) is 41.4 Å². The Morgan fingerprint density at radius 1 is 1.00 bits per heavy atom. The predicted molar refractivity (Wildman–Crippen MR) is 186 cm³/mol. The van der Waals surface area contributed by atoms with Crippen LogP contribution in [0.2, 0.25) is 0 Å². The standard InChI is InChI=1S/C38H42N4O7/c1-9-22-18(5)25-15-27-20(7)24(13-14-31(43)47-11-3)34(41-27)33-35-32(36(44)49-38(33,46)37(45)48-12-4)21(8)28(42-35)17-30-23(10-2)19(6)26(40-30)16-29(22)39-25/h9,15-17,20,24,39-40,46H,1,10-14H2,2-8H3/t20?,24-,38?/m0/s1. The van der Waals surface area contributed by atoms with Crippen LogP contribution in [-0.2, 0) is 40.8 Å². The zero-order valence-electron chi connectivity index (χ0n) is 29.0. The average molecular weight is 667 g/mol. The van der Waals surface area contributed by atoms with Crippen molar-refractivity contribution in [3.63, 3.8) is 0 Å². The number of carbonyl (C=O) groups excluding carboxylic acids is 3. The Bertz CT molecular complexity index is 2120. The number of hydrogen-bond acceptors (Lipinski definition) is 9. The molecule has 0 aliphatic carbocycles. The summed E-state index contributed by atoms with van der Waals surface area (Å²) in [6, 6.07) is 5.88. The molecule has 6 rings (SSSR count). The number of carbonyl (C=O) groups is 3. The monoisotopic (exact) mass is 666 g/mol. The number of aryl methyl sites for hydroxylation is 3. The Hall–Kier alpha value is -5.03. The molecule has 3 aliphatic rings. The average Bonchev–Trinajstić information content (AvgIpc) is 3.73. The van der Waals surface area contributed by atoms with E-state index in [1.165, 1.54) is 0 Å². The Kier molecular flexibility index (Phi) is 8.83.